The van der Waals surface area contributed by atoms with E-state index in [0.29, 0.717) is 0 Å². The fourth-order valence-electron chi connectivity index (χ4n) is 0.645. The highest BCUT2D eigenvalue weighted by Gasteiger charge is 2.08. The molecule has 0 heterocycles. The van der Waals surface area contributed by atoms with E-state index in [1.165, 1.54) is 0 Å². The molecule has 0 radical (unpaired) electrons. The minimum absolute atomic E-state index is 0.0132. The number of nitrogens with one attached hydrogen (secondary N) is 1. The van der Waals surface area contributed by atoms with Gasteiger partial charge in [0.25, 0.3) is 0 Å². The van der Waals surface area contributed by atoms with Crippen LogP contribution in [-0.2, 0) is 14.3 Å². The lowest BCUT2D eigenvalue weighted by Crippen LogP contribution is -2.27. The monoisotopic (exact) mass is 196 g/mol. The van der Waals surface area contributed by atoms with Crippen molar-refractivity contribution in [2.24, 2.45) is 0 Å². The third kappa shape index (κ3) is 4.93. The van der Waals surface area contributed by atoms with Crippen molar-refractivity contribution in [3.8, 4) is 6.07 Å². The number of esters is 1. The molecule has 0 aliphatic heterocycles. The van der Waals surface area contributed by atoms with Gasteiger partial charge in [-0.15, -0.1) is 0 Å². The molecular weight excluding hydrogens is 184 g/mol. The highest BCUT2D eigenvalue weighted by Crippen LogP contribution is 1.92. The number of ether oxygens (including phenoxy) is 1. The van der Waals surface area contributed by atoms with Crippen LogP contribution in [-0.4, -0.2) is 25.0 Å². The summed E-state index contributed by atoms with van der Waals surface area (Å²) in [6.45, 7) is 5.39. The number of hydrogen-bond donors (Lipinski definition) is 1. The van der Waals surface area contributed by atoms with Crippen LogP contribution < -0.4 is 5.32 Å². The summed E-state index contributed by atoms with van der Waals surface area (Å²) in [7, 11) is 0. The van der Waals surface area contributed by atoms with Crippen molar-refractivity contribution in [2.45, 2.75) is 13.3 Å². The second-order valence-corrected chi connectivity index (χ2v) is 2.44. The highest BCUT2D eigenvalue weighted by molar-refractivity contribution is 5.89. The van der Waals surface area contributed by atoms with E-state index in [2.05, 4.69) is 16.6 Å². The fraction of sp³-hybridized carbons (Fsp3) is 0.444. The molecule has 0 aliphatic carbocycles. The maximum absolute atomic E-state index is 11.0. The van der Waals surface area contributed by atoms with Crippen molar-refractivity contribution >= 4 is 11.9 Å². The SMILES string of the molecule is C=C(CNC(=O)CC#N)C(=O)OCC. The normalized spacial score (nSPS) is 8.57. The van der Waals surface area contributed by atoms with Crippen molar-refractivity contribution in [2.75, 3.05) is 13.2 Å². The quantitative estimate of drug-likeness (QED) is 0.501. The minimum atomic E-state index is -0.537. The topological polar surface area (TPSA) is 79.2 Å². The third-order valence-corrected chi connectivity index (χ3v) is 1.30. The van der Waals surface area contributed by atoms with E-state index in [-0.39, 0.29) is 25.1 Å². The molecule has 5 heteroatoms. The van der Waals surface area contributed by atoms with Crippen LogP contribution in [0, 0.1) is 11.3 Å². The molecule has 0 aromatic heterocycles. The van der Waals surface area contributed by atoms with Gasteiger partial charge in [-0.2, -0.15) is 5.26 Å². The Morgan fingerprint density at radius 1 is 1.57 bits per heavy atom. The molecule has 0 rings (SSSR count). The van der Waals surface area contributed by atoms with E-state index in [4.69, 9.17) is 5.26 Å². The third-order valence-electron chi connectivity index (χ3n) is 1.30. The standard InChI is InChI=1S/C9H12N2O3/c1-3-14-9(13)7(2)6-11-8(12)4-5-10/h2-4,6H2,1H3,(H,11,12). The number of carbonyl (C=O) groups is 2. The minimum Gasteiger partial charge on any atom is -0.463 e. The Bertz CT molecular complexity index is 278. The zero-order chi connectivity index (χ0) is 11.0. The molecule has 0 aliphatic rings. The Morgan fingerprint density at radius 3 is 2.71 bits per heavy atom. The Kier molecular flexibility index (Phi) is 5.79. The molecule has 76 valence electrons. The van der Waals surface area contributed by atoms with Gasteiger partial charge in [0.1, 0.15) is 6.42 Å². The van der Waals surface area contributed by atoms with Gasteiger partial charge >= 0.3 is 5.97 Å². The molecule has 14 heavy (non-hydrogen) atoms. The van der Waals surface area contributed by atoms with Crippen molar-refractivity contribution in [1.82, 2.24) is 5.32 Å². The van der Waals surface area contributed by atoms with Crippen molar-refractivity contribution in [3.05, 3.63) is 12.2 Å². The molecule has 0 atom stereocenters. The molecule has 1 amide bonds. The molecule has 0 spiro atoms. The summed E-state index contributed by atoms with van der Waals surface area (Å²) < 4.78 is 4.64. The number of rotatable bonds is 5. The number of carbonyl (C=O) groups excluding carboxylic acids is 2. The Labute approximate surface area is 82.3 Å². The second-order valence-electron chi connectivity index (χ2n) is 2.44. The van der Waals surface area contributed by atoms with Crippen LogP contribution in [0.1, 0.15) is 13.3 Å². The number of nitrogens with zero attached hydrogens (tertiary/aromatic N) is 1. The van der Waals surface area contributed by atoms with E-state index in [1.54, 1.807) is 13.0 Å². The first-order valence-electron chi connectivity index (χ1n) is 4.10. The summed E-state index contributed by atoms with van der Waals surface area (Å²) in [6, 6.07) is 1.69. The van der Waals surface area contributed by atoms with Gasteiger partial charge in [-0.1, -0.05) is 6.58 Å². The predicted octanol–water partition coefficient (Wildman–Crippen LogP) is 0.136. The van der Waals surface area contributed by atoms with E-state index in [0.717, 1.165) is 0 Å². The van der Waals surface area contributed by atoms with Gasteiger partial charge < -0.3 is 10.1 Å². The predicted molar refractivity (Wildman–Crippen MR) is 49.0 cm³/mol. The Morgan fingerprint density at radius 2 is 2.21 bits per heavy atom. The van der Waals surface area contributed by atoms with Gasteiger partial charge in [0.15, 0.2) is 0 Å². The van der Waals surface area contributed by atoms with Gasteiger partial charge in [-0.25, -0.2) is 4.79 Å². The molecular formula is C9H12N2O3. The average molecular weight is 196 g/mol. The first kappa shape index (κ1) is 12.2. The summed E-state index contributed by atoms with van der Waals surface area (Å²) >= 11 is 0. The average Bonchev–Trinajstić information content (AvgIpc) is 2.15. The summed E-state index contributed by atoms with van der Waals surface area (Å²) in [5.41, 5.74) is 0.165. The van der Waals surface area contributed by atoms with Gasteiger partial charge in [0, 0.05) is 12.1 Å². The summed E-state index contributed by atoms with van der Waals surface area (Å²) in [5, 5.41) is 10.5. The number of amides is 1. The van der Waals surface area contributed by atoms with Gasteiger partial charge in [-0.3, -0.25) is 4.79 Å². The molecule has 0 unspecified atom stereocenters. The fourth-order valence-corrected chi connectivity index (χ4v) is 0.645. The maximum Gasteiger partial charge on any atom is 0.335 e. The lowest BCUT2D eigenvalue weighted by molar-refractivity contribution is -0.138. The van der Waals surface area contributed by atoms with Crippen LogP contribution in [0.2, 0.25) is 0 Å². The molecule has 0 saturated carbocycles. The lowest BCUT2D eigenvalue weighted by Gasteiger charge is -2.05. The molecule has 0 aromatic rings. The van der Waals surface area contributed by atoms with Crippen LogP contribution in [0.5, 0.6) is 0 Å². The van der Waals surface area contributed by atoms with Crippen molar-refractivity contribution in [3.63, 3.8) is 0 Å². The van der Waals surface area contributed by atoms with Gasteiger partial charge in [0.05, 0.1) is 12.7 Å². The maximum atomic E-state index is 11.0. The summed E-state index contributed by atoms with van der Waals surface area (Å²) in [6.07, 6.45) is -0.226. The van der Waals surface area contributed by atoms with E-state index >= 15 is 0 Å². The van der Waals surface area contributed by atoms with Crippen LogP contribution in [0.3, 0.4) is 0 Å². The Hall–Kier alpha value is -1.83. The van der Waals surface area contributed by atoms with Crippen LogP contribution in [0.25, 0.3) is 0 Å². The summed E-state index contributed by atoms with van der Waals surface area (Å²) in [4.78, 5) is 21.8. The van der Waals surface area contributed by atoms with Gasteiger partial charge in [-0.05, 0) is 6.92 Å². The van der Waals surface area contributed by atoms with Crippen molar-refractivity contribution < 1.29 is 14.3 Å². The molecule has 0 aromatic carbocycles. The molecule has 0 fully saturated rings. The zero-order valence-corrected chi connectivity index (χ0v) is 8.00. The molecule has 5 nitrogen and oxygen atoms in total. The van der Waals surface area contributed by atoms with E-state index in [1.807, 2.05) is 0 Å². The zero-order valence-electron chi connectivity index (χ0n) is 8.00. The lowest BCUT2D eigenvalue weighted by atomic mass is 10.3. The van der Waals surface area contributed by atoms with Crippen LogP contribution in [0.4, 0.5) is 0 Å². The highest BCUT2D eigenvalue weighted by atomic mass is 16.5. The second kappa shape index (κ2) is 6.66. The first-order valence-corrected chi connectivity index (χ1v) is 4.10. The van der Waals surface area contributed by atoms with Gasteiger partial charge in [0.2, 0.25) is 5.91 Å². The Balaban J connectivity index is 3.80. The largest absolute Gasteiger partial charge is 0.463 e. The van der Waals surface area contributed by atoms with E-state index in [9.17, 15) is 9.59 Å². The number of hydrogen-bond acceptors (Lipinski definition) is 4. The first-order chi connectivity index (χ1) is 6.61. The van der Waals surface area contributed by atoms with Crippen LogP contribution >= 0.6 is 0 Å². The number of nitriles is 1. The smallest absolute Gasteiger partial charge is 0.335 e. The van der Waals surface area contributed by atoms with Crippen molar-refractivity contribution in [1.29, 1.82) is 5.26 Å². The molecule has 1 N–H and O–H groups in total. The molecule has 0 bridgehead atoms. The van der Waals surface area contributed by atoms with Crippen LogP contribution in [0.15, 0.2) is 12.2 Å². The summed E-state index contributed by atoms with van der Waals surface area (Å²) in [5.74, 6) is -0.970. The van der Waals surface area contributed by atoms with E-state index < -0.39 is 11.9 Å². The molecule has 0 saturated heterocycles.